The predicted molar refractivity (Wildman–Crippen MR) is 82.9 cm³/mol. The fourth-order valence-corrected chi connectivity index (χ4v) is 3.39. The fraction of sp³-hybridized carbons (Fsp3) is 0.375. The molecule has 108 valence electrons. The molecule has 1 N–H and O–H groups in total. The van der Waals surface area contributed by atoms with Crippen LogP contribution in [0.15, 0.2) is 41.5 Å². The highest BCUT2D eigenvalue weighted by Gasteiger charge is 2.32. The number of fused-ring (bicyclic) bond motifs is 1. The summed E-state index contributed by atoms with van der Waals surface area (Å²) in [6, 6.07) is 8.47. The first-order chi connectivity index (χ1) is 10.2. The minimum absolute atomic E-state index is 0.0479. The first-order valence-electron chi connectivity index (χ1n) is 7.29. The molecule has 0 saturated heterocycles. The number of benzene rings is 1. The molecule has 1 heterocycles. The van der Waals surface area contributed by atoms with Gasteiger partial charge in [-0.1, -0.05) is 24.3 Å². The van der Waals surface area contributed by atoms with Crippen LogP contribution < -0.4 is 10.9 Å². The maximum atomic E-state index is 12.5. The number of nitrogens with zero attached hydrogens (tertiary/aromatic N) is 2. The van der Waals surface area contributed by atoms with Crippen LogP contribution in [-0.2, 0) is 6.42 Å². The van der Waals surface area contributed by atoms with Gasteiger partial charge in [-0.2, -0.15) is 0 Å². The van der Waals surface area contributed by atoms with E-state index in [9.17, 15) is 4.79 Å². The molecule has 4 rings (SSSR count). The van der Waals surface area contributed by atoms with Gasteiger partial charge in [-0.15, -0.1) is 11.6 Å². The first kappa shape index (κ1) is 12.9. The van der Waals surface area contributed by atoms with Crippen LogP contribution in [0.5, 0.6) is 0 Å². The smallest absolute Gasteiger partial charge is 0.293 e. The zero-order valence-corrected chi connectivity index (χ0v) is 12.3. The minimum atomic E-state index is -0.0573. The lowest BCUT2D eigenvalue weighted by Gasteiger charge is -2.18. The molecule has 1 fully saturated rings. The highest BCUT2D eigenvalue weighted by atomic mass is 35.5. The summed E-state index contributed by atoms with van der Waals surface area (Å²) in [5.74, 6) is 0.400. The molecule has 2 atom stereocenters. The van der Waals surface area contributed by atoms with E-state index in [0.717, 1.165) is 19.3 Å². The van der Waals surface area contributed by atoms with Crippen LogP contribution in [0, 0.1) is 0 Å². The maximum Gasteiger partial charge on any atom is 0.293 e. The van der Waals surface area contributed by atoms with Crippen molar-refractivity contribution in [1.29, 1.82) is 0 Å². The summed E-state index contributed by atoms with van der Waals surface area (Å²) in [5, 5.41) is 3.20. The normalized spacial score (nSPS) is 23.9. The molecule has 21 heavy (non-hydrogen) atoms. The molecule has 1 saturated carbocycles. The molecule has 0 spiro atoms. The van der Waals surface area contributed by atoms with Crippen LogP contribution in [0.2, 0.25) is 0 Å². The molecule has 2 aliphatic carbocycles. The molecule has 0 bridgehead atoms. The molecule has 0 amide bonds. The van der Waals surface area contributed by atoms with Gasteiger partial charge in [0.05, 0.1) is 11.4 Å². The summed E-state index contributed by atoms with van der Waals surface area (Å²) in [6.07, 6.45) is 6.43. The number of hydrogen-bond donors (Lipinski definition) is 1. The third-order valence-corrected chi connectivity index (χ3v) is 4.67. The number of rotatable bonds is 3. The van der Waals surface area contributed by atoms with Crippen molar-refractivity contribution in [2.24, 2.45) is 0 Å². The predicted octanol–water partition coefficient (Wildman–Crippen LogP) is 2.89. The summed E-state index contributed by atoms with van der Waals surface area (Å²) in [6.45, 7) is 0. The van der Waals surface area contributed by atoms with Crippen molar-refractivity contribution in [2.75, 3.05) is 5.32 Å². The van der Waals surface area contributed by atoms with E-state index in [1.165, 1.54) is 11.1 Å². The molecule has 1 aromatic carbocycles. The van der Waals surface area contributed by atoms with Gasteiger partial charge in [-0.05, 0) is 30.4 Å². The average molecular weight is 302 g/mol. The quantitative estimate of drug-likeness (QED) is 0.887. The second-order valence-electron chi connectivity index (χ2n) is 5.76. The number of anilines is 1. The largest absolute Gasteiger partial charge is 0.357 e. The molecule has 2 unspecified atom stereocenters. The van der Waals surface area contributed by atoms with Crippen LogP contribution in [0.4, 0.5) is 5.82 Å². The molecular weight excluding hydrogens is 286 g/mol. The van der Waals surface area contributed by atoms with Crippen molar-refractivity contribution in [2.45, 2.75) is 36.7 Å². The van der Waals surface area contributed by atoms with Crippen molar-refractivity contribution >= 4 is 17.4 Å². The minimum Gasteiger partial charge on any atom is -0.357 e. The van der Waals surface area contributed by atoms with Crippen LogP contribution in [-0.4, -0.2) is 14.9 Å². The van der Waals surface area contributed by atoms with E-state index in [1.807, 2.05) is 12.1 Å². The summed E-state index contributed by atoms with van der Waals surface area (Å²) in [7, 11) is 0. The SMILES string of the molecule is O=c1c(NC2c3ccccc3CC2Cl)nccn1C1CC1. The van der Waals surface area contributed by atoms with E-state index in [4.69, 9.17) is 11.6 Å². The first-order valence-corrected chi connectivity index (χ1v) is 7.73. The molecule has 0 aliphatic heterocycles. The lowest BCUT2D eigenvalue weighted by molar-refractivity contribution is 0.691. The Hall–Kier alpha value is -1.81. The molecule has 1 aromatic heterocycles. The second-order valence-corrected chi connectivity index (χ2v) is 6.32. The third kappa shape index (κ3) is 2.23. The topological polar surface area (TPSA) is 46.9 Å². The number of hydrogen-bond acceptors (Lipinski definition) is 3. The van der Waals surface area contributed by atoms with Gasteiger partial charge in [0.15, 0.2) is 5.82 Å². The fourth-order valence-electron chi connectivity index (χ4n) is 3.03. The molecule has 5 heteroatoms. The lowest BCUT2D eigenvalue weighted by Crippen LogP contribution is -2.27. The zero-order valence-electron chi connectivity index (χ0n) is 11.5. The van der Waals surface area contributed by atoms with Gasteiger partial charge in [-0.25, -0.2) is 4.98 Å². The van der Waals surface area contributed by atoms with Gasteiger partial charge < -0.3 is 9.88 Å². The Morgan fingerprint density at radius 3 is 2.90 bits per heavy atom. The van der Waals surface area contributed by atoms with E-state index < -0.39 is 0 Å². The molecule has 4 nitrogen and oxygen atoms in total. The van der Waals surface area contributed by atoms with E-state index >= 15 is 0 Å². The van der Waals surface area contributed by atoms with Crippen molar-refractivity contribution in [1.82, 2.24) is 9.55 Å². The molecule has 2 aromatic rings. The Labute approximate surface area is 127 Å². The van der Waals surface area contributed by atoms with Gasteiger partial charge in [0.2, 0.25) is 0 Å². The van der Waals surface area contributed by atoms with Gasteiger partial charge in [0.1, 0.15) is 0 Å². The van der Waals surface area contributed by atoms with Crippen LogP contribution in [0.1, 0.15) is 36.1 Å². The summed E-state index contributed by atoms with van der Waals surface area (Å²) >= 11 is 6.46. The monoisotopic (exact) mass is 301 g/mol. The summed E-state index contributed by atoms with van der Waals surface area (Å²) in [4.78, 5) is 16.7. The standard InChI is InChI=1S/C16H16ClN3O/c17-13-9-10-3-1-2-4-12(10)14(13)19-15-16(21)20(8-7-18-15)11-5-6-11/h1-4,7-8,11,13-14H,5-6,9H2,(H,18,19). The summed E-state index contributed by atoms with van der Waals surface area (Å²) in [5.41, 5.74) is 2.36. The van der Waals surface area contributed by atoms with E-state index in [-0.39, 0.29) is 17.0 Å². The average Bonchev–Trinajstić information content (AvgIpc) is 3.27. The van der Waals surface area contributed by atoms with Crippen molar-refractivity contribution in [3.05, 3.63) is 58.1 Å². The Bertz CT molecular complexity index is 738. The Balaban J connectivity index is 1.67. The molecular formula is C16H16ClN3O. The Kier molecular flexibility index (Phi) is 3.00. The van der Waals surface area contributed by atoms with Crippen molar-refractivity contribution in [3.63, 3.8) is 0 Å². The molecule has 2 aliphatic rings. The number of halogens is 1. The number of nitrogens with one attached hydrogen (secondary N) is 1. The number of aromatic nitrogens is 2. The van der Waals surface area contributed by atoms with Crippen LogP contribution in [0.3, 0.4) is 0 Å². The van der Waals surface area contributed by atoms with Gasteiger partial charge in [0, 0.05) is 18.4 Å². The van der Waals surface area contributed by atoms with Crippen molar-refractivity contribution < 1.29 is 0 Å². The second kappa shape index (κ2) is 4.88. The molecule has 0 radical (unpaired) electrons. The number of alkyl halides is 1. The highest BCUT2D eigenvalue weighted by molar-refractivity contribution is 6.21. The highest BCUT2D eigenvalue weighted by Crippen LogP contribution is 2.37. The Morgan fingerprint density at radius 1 is 1.29 bits per heavy atom. The lowest BCUT2D eigenvalue weighted by atomic mass is 10.1. The van der Waals surface area contributed by atoms with Gasteiger partial charge in [0.25, 0.3) is 5.56 Å². The van der Waals surface area contributed by atoms with Gasteiger partial charge >= 0.3 is 0 Å². The maximum absolute atomic E-state index is 12.5. The Morgan fingerprint density at radius 2 is 2.10 bits per heavy atom. The zero-order chi connectivity index (χ0) is 14.4. The van der Waals surface area contributed by atoms with Gasteiger partial charge in [-0.3, -0.25) is 4.79 Å². The summed E-state index contributed by atoms with van der Waals surface area (Å²) < 4.78 is 1.78. The van der Waals surface area contributed by atoms with Crippen molar-refractivity contribution in [3.8, 4) is 0 Å². The van der Waals surface area contributed by atoms with E-state index in [0.29, 0.717) is 11.9 Å². The van der Waals surface area contributed by atoms with Crippen LogP contribution >= 0.6 is 11.6 Å². The van der Waals surface area contributed by atoms with E-state index in [2.05, 4.69) is 22.4 Å². The van der Waals surface area contributed by atoms with E-state index in [1.54, 1.807) is 17.0 Å². The third-order valence-electron chi connectivity index (χ3n) is 4.27. The van der Waals surface area contributed by atoms with Crippen LogP contribution in [0.25, 0.3) is 0 Å².